The van der Waals surface area contributed by atoms with E-state index in [1.54, 1.807) is 6.07 Å². The van der Waals surface area contributed by atoms with Crippen LogP contribution in [0.25, 0.3) is 0 Å². The van der Waals surface area contributed by atoms with Gasteiger partial charge in [-0.1, -0.05) is 66.8 Å². The van der Waals surface area contributed by atoms with Crippen LogP contribution in [-0.2, 0) is 9.59 Å². The zero-order valence-electron chi connectivity index (χ0n) is 23.7. The number of rotatable bonds is 4. The molecule has 218 valence electrons. The monoisotopic (exact) mass is 622 g/mol. The molecule has 9 heteroatoms. The van der Waals surface area contributed by atoms with Crippen LogP contribution in [-0.4, -0.2) is 49.3 Å². The van der Waals surface area contributed by atoms with Gasteiger partial charge < -0.3 is 20.0 Å². The number of carbonyl (C=O) groups excluding carboxylic acids is 2. The molecular weight excluding hydrogens is 591 g/mol. The molecule has 0 saturated carbocycles. The zero-order valence-corrected chi connectivity index (χ0v) is 25.9. The molecule has 0 radical (unpaired) electrons. The molecule has 1 atom stereocenters. The van der Waals surface area contributed by atoms with Crippen molar-refractivity contribution < 1.29 is 9.59 Å². The zero-order chi connectivity index (χ0) is 29.6. The average molecular weight is 624 g/mol. The first-order chi connectivity index (χ1) is 20.1. The lowest BCUT2D eigenvalue weighted by Crippen LogP contribution is -2.52. The number of nitrogens with zero attached hydrogens (tertiary/aromatic N) is 3. The molecule has 6 nitrogen and oxygen atoms in total. The van der Waals surface area contributed by atoms with Crippen LogP contribution in [0.2, 0.25) is 15.1 Å². The van der Waals surface area contributed by atoms with Crippen molar-refractivity contribution in [1.82, 2.24) is 4.90 Å². The molecule has 0 aromatic heterocycles. The Morgan fingerprint density at radius 2 is 1.62 bits per heavy atom. The number of nitrogens with one attached hydrogen (secondary N) is 1. The second kappa shape index (κ2) is 11.5. The number of anilines is 3. The topological polar surface area (TPSA) is 55.9 Å². The molecule has 1 unspecified atom stereocenters. The van der Waals surface area contributed by atoms with Crippen LogP contribution in [0.3, 0.4) is 0 Å². The smallest absolute Gasteiger partial charge is 0.242 e. The standard InChI is InChI=1S/C33H33Cl3N4O2/c1-33(2)18-27-31(29(41)19-33)32(21-7-12-24(35)25(36)17-21)40(28-6-4-3-5-26(28)37-27)20-30(42)39-15-13-38(14-16-39)23-10-8-22(34)9-11-23/h3-12,17,32,37H,13-16,18-20H2,1-2H3. The summed E-state index contributed by atoms with van der Waals surface area (Å²) in [4.78, 5) is 34.2. The van der Waals surface area contributed by atoms with Gasteiger partial charge in [-0.3, -0.25) is 9.59 Å². The van der Waals surface area contributed by atoms with E-state index >= 15 is 0 Å². The van der Waals surface area contributed by atoms with Crippen LogP contribution in [0.1, 0.15) is 38.3 Å². The van der Waals surface area contributed by atoms with Gasteiger partial charge in [0.1, 0.15) is 0 Å². The quantitative estimate of drug-likeness (QED) is 0.324. The first kappa shape index (κ1) is 28.9. The Morgan fingerprint density at radius 1 is 0.905 bits per heavy atom. The van der Waals surface area contributed by atoms with Gasteiger partial charge in [0.25, 0.3) is 0 Å². The van der Waals surface area contributed by atoms with Crippen molar-refractivity contribution in [3.8, 4) is 0 Å². The summed E-state index contributed by atoms with van der Waals surface area (Å²) in [6.07, 6.45) is 1.14. The molecule has 1 N–H and O–H groups in total. The van der Waals surface area contributed by atoms with Crippen molar-refractivity contribution in [2.45, 2.75) is 32.7 Å². The van der Waals surface area contributed by atoms with Gasteiger partial charge >= 0.3 is 0 Å². The molecule has 42 heavy (non-hydrogen) atoms. The van der Waals surface area contributed by atoms with Crippen molar-refractivity contribution in [3.05, 3.63) is 98.6 Å². The third-order valence-corrected chi connectivity index (χ3v) is 9.38. The summed E-state index contributed by atoms with van der Waals surface area (Å²) in [5.41, 5.74) is 5.05. The number of allylic oxidation sites excluding steroid dienone is 1. The van der Waals surface area contributed by atoms with E-state index in [0.717, 1.165) is 41.4 Å². The Bertz CT molecular complexity index is 1560. The fourth-order valence-corrected chi connectivity index (χ4v) is 6.80. The Kier molecular flexibility index (Phi) is 7.90. The van der Waals surface area contributed by atoms with Crippen molar-refractivity contribution in [3.63, 3.8) is 0 Å². The van der Waals surface area contributed by atoms with E-state index in [1.165, 1.54) is 0 Å². The second-order valence-electron chi connectivity index (χ2n) is 12.0. The third-order valence-electron chi connectivity index (χ3n) is 8.39. The molecule has 3 aromatic rings. The number of carbonyl (C=O) groups is 2. The number of hydrogen-bond acceptors (Lipinski definition) is 5. The number of ketones is 1. The molecule has 6 rings (SSSR count). The number of fused-ring (bicyclic) bond motifs is 1. The summed E-state index contributed by atoms with van der Waals surface area (Å²) in [6, 6.07) is 20.7. The van der Waals surface area contributed by atoms with E-state index in [9.17, 15) is 9.59 Å². The fourth-order valence-electron chi connectivity index (χ4n) is 6.37. The molecule has 3 aliphatic rings. The highest BCUT2D eigenvalue weighted by Gasteiger charge is 2.42. The van der Waals surface area contributed by atoms with Gasteiger partial charge in [0, 0.05) is 54.6 Å². The maximum absolute atomic E-state index is 14.0. The van der Waals surface area contributed by atoms with Crippen LogP contribution in [0.5, 0.6) is 0 Å². The van der Waals surface area contributed by atoms with Crippen LogP contribution in [0, 0.1) is 5.41 Å². The number of hydrogen-bond donors (Lipinski definition) is 1. The van der Waals surface area contributed by atoms with Crippen molar-refractivity contribution in [2.24, 2.45) is 5.41 Å². The minimum Gasteiger partial charge on any atom is -0.368 e. The first-order valence-electron chi connectivity index (χ1n) is 14.2. The van der Waals surface area contributed by atoms with Crippen molar-refractivity contribution in [1.29, 1.82) is 0 Å². The molecule has 0 bridgehead atoms. The average Bonchev–Trinajstić information content (AvgIpc) is 3.09. The van der Waals surface area contributed by atoms with Crippen LogP contribution in [0.4, 0.5) is 17.1 Å². The number of piperazine rings is 1. The largest absolute Gasteiger partial charge is 0.368 e. The van der Waals surface area contributed by atoms with E-state index in [4.69, 9.17) is 34.8 Å². The minimum atomic E-state index is -0.506. The lowest BCUT2D eigenvalue weighted by atomic mass is 9.73. The normalized spacial score (nSPS) is 20.1. The molecule has 1 amide bonds. The third kappa shape index (κ3) is 5.72. The summed E-state index contributed by atoms with van der Waals surface area (Å²) in [5.74, 6) is 0.0879. The van der Waals surface area contributed by atoms with Gasteiger partial charge in [-0.25, -0.2) is 0 Å². The lowest BCUT2D eigenvalue weighted by Gasteiger charge is -2.40. The molecule has 3 aromatic carbocycles. The predicted octanol–water partition coefficient (Wildman–Crippen LogP) is 7.61. The Morgan fingerprint density at radius 3 is 2.33 bits per heavy atom. The van der Waals surface area contributed by atoms with Gasteiger partial charge in [-0.15, -0.1) is 0 Å². The Labute approximate surface area is 261 Å². The fraction of sp³-hybridized carbons (Fsp3) is 0.333. The summed E-state index contributed by atoms with van der Waals surface area (Å²) in [6.45, 7) is 7.01. The summed E-state index contributed by atoms with van der Waals surface area (Å²) < 4.78 is 0. The highest BCUT2D eigenvalue weighted by atomic mass is 35.5. The molecule has 1 aliphatic carbocycles. The maximum atomic E-state index is 14.0. The van der Waals surface area contributed by atoms with Gasteiger partial charge in [0.2, 0.25) is 5.91 Å². The van der Waals surface area contributed by atoms with Crippen molar-refractivity contribution in [2.75, 3.05) is 47.8 Å². The van der Waals surface area contributed by atoms with E-state index in [2.05, 4.69) is 29.0 Å². The summed E-state index contributed by atoms with van der Waals surface area (Å²) >= 11 is 18.9. The minimum absolute atomic E-state index is 0.0123. The SMILES string of the molecule is CC1(C)CC(=O)C2=C(C1)Nc1ccccc1N(CC(=O)N1CCN(c3ccc(Cl)cc3)CC1)C2c1ccc(Cl)c(Cl)c1. The van der Waals surface area contributed by atoms with Crippen LogP contribution >= 0.6 is 34.8 Å². The summed E-state index contributed by atoms with van der Waals surface area (Å²) in [5, 5.41) is 5.16. The molecule has 2 aliphatic heterocycles. The number of amides is 1. The number of Topliss-reactive ketones (excluding diaryl/α,β-unsaturated/α-hetero) is 1. The Hall–Kier alpha value is -3.19. The predicted molar refractivity (Wildman–Crippen MR) is 172 cm³/mol. The molecular formula is C33H33Cl3N4O2. The molecule has 1 fully saturated rings. The highest BCUT2D eigenvalue weighted by molar-refractivity contribution is 6.42. The maximum Gasteiger partial charge on any atom is 0.242 e. The van der Waals surface area contributed by atoms with Crippen LogP contribution < -0.4 is 15.1 Å². The molecule has 2 heterocycles. The van der Waals surface area contributed by atoms with E-state index in [0.29, 0.717) is 46.6 Å². The van der Waals surface area contributed by atoms with E-state index < -0.39 is 6.04 Å². The number of benzene rings is 3. The number of halogens is 3. The highest BCUT2D eigenvalue weighted by Crippen LogP contribution is 2.48. The second-order valence-corrected chi connectivity index (χ2v) is 13.3. The molecule has 1 saturated heterocycles. The van der Waals surface area contributed by atoms with Crippen molar-refractivity contribution >= 4 is 63.6 Å². The first-order valence-corrected chi connectivity index (χ1v) is 15.4. The molecule has 0 spiro atoms. The van der Waals surface area contributed by atoms with Gasteiger partial charge in [0.15, 0.2) is 5.78 Å². The lowest BCUT2D eigenvalue weighted by molar-refractivity contribution is -0.130. The van der Waals surface area contributed by atoms with Gasteiger partial charge in [-0.2, -0.15) is 0 Å². The van der Waals surface area contributed by atoms with Gasteiger partial charge in [0.05, 0.1) is 34.0 Å². The van der Waals surface area contributed by atoms with E-state index in [1.807, 2.05) is 65.6 Å². The van der Waals surface area contributed by atoms with Crippen LogP contribution in [0.15, 0.2) is 78.0 Å². The number of para-hydroxylation sites is 2. The van der Waals surface area contributed by atoms with Gasteiger partial charge in [-0.05, 0) is 65.9 Å². The Balaban J connectivity index is 1.35. The van der Waals surface area contributed by atoms with E-state index in [-0.39, 0.29) is 23.7 Å². The summed E-state index contributed by atoms with van der Waals surface area (Å²) in [7, 11) is 0.